The summed E-state index contributed by atoms with van der Waals surface area (Å²) >= 11 is 0. The van der Waals surface area contributed by atoms with Crippen molar-refractivity contribution >= 4 is 0 Å². The summed E-state index contributed by atoms with van der Waals surface area (Å²) < 4.78 is 4.39. The maximum atomic E-state index is 4.79. The molecule has 2 aromatic heterocycles. The van der Waals surface area contributed by atoms with Crippen LogP contribution in [0.25, 0.3) is 11.5 Å². The smallest absolute Gasteiger partial charge is 0.160 e. The van der Waals surface area contributed by atoms with E-state index in [4.69, 9.17) is 5.10 Å². The van der Waals surface area contributed by atoms with Crippen LogP contribution in [0.4, 0.5) is 0 Å². The Morgan fingerprint density at radius 3 is 2.96 bits per heavy atom. The zero-order valence-corrected chi connectivity index (χ0v) is 15.8. The molecule has 4 heterocycles. The van der Waals surface area contributed by atoms with Gasteiger partial charge in [0.25, 0.3) is 0 Å². The van der Waals surface area contributed by atoms with E-state index in [1.807, 2.05) is 6.20 Å². The van der Waals surface area contributed by atoms with Crippen LogP contribution in [0, 0.1) is 0 Å². The average Bonchev–Trinajstić information content (AvgIpc) is 3.34. The second-order valence-electron chi connectivity index (χ2n) is 7.68. The molecule has 1 atom stereocenters. The molecular formula is C21H26N6. The summed E-state index contributed by atoms with van der Waals surface area (Å²) in [5.74, 6) is 0.974. The van der Waals surface area contributed by atoms with E-state index in [1.54, 1.807) is 0 Å². The minimum atomic E-state index is 0.351. The number of hydrogen-bond donors (Lipinski definition) is 1. The predicted octanol–water partition coefficient (Wildman–Crippen LogP) is 2.47. The molecule has 0 saturated heterocycles. The van der Waals surface area contributed by atoms with E-state index in [2.05, 4.69) is 67.9 Å². The van der Waals surface area contributed by atoms with Crippen LogP contribution in [0.3, 0.4) is 0 Å². The van der Waals surface area contributed by atoms with Crippen LogP contribution >= 0.6 is 0 Å². The number of rotatable bonds is 4. The van der Waals surface area contributed by atoms with Gasteiger partial charge >= 0.3 is 0 Å². The molecule has 27 heavy (non-hydrogen) atoms. The van der Waals surface area contributed by atoms with Crippen LogP contribution in [0.1, 0.15) is 29.8 Å². The number of nitrogens with zero attached hydrogens (tertiary/aromatic N) is 5. The predicted molar refractivity (Wildman–Crippen MR) is 105 cm³/mol. The van der Waals surface area contributed by atoms with Gasteiger partial charge in [0.1, 0.15) is 5.69 Å². The zero-order chi connectivity index (χ0) is 18.2. The Kier molecular flexibility index (Phi) is 4.30. The molecule has 0 radical (unpaired) electrons. The van der Waals surface area contributed by atoms with Crippen LogP contribution in [-0.4, -0.2) is 43.9 Å². The normalized spacial score (nSPS) is 18.1. The van der Waals surface area contributed by atoms with E-state index < -0.39 is 0 Å². The highest BCUT2D eigenvalue weighted by atomic mass is 15.3. The molecule has 5 rings (SSSR count). The molecule has 0 aliphatic carbocycles. The number of fused-ring (bicyclic) bond motifs is 2. The summed E-state index contributed by atoms with van der Waals surface area (Å²) in [7, 11) is 0. The summed E-state index contributed by atoms with van der Waals surface area (Å²) in [6.45, 7) is 8.26. The molecule has 6 nitrogen and oxygen atoms in total. The van der Waals surface area contributed by atoms with Gasteiger partial charge in [0, 0.05) is 51.2 Å². The summed E-state index contributed by atoms with van der Waals surface area (Å²) in [5.41, 5.74) is 5.19. The van der Waals surface area contributed by atoms with E-state index in [1.165, 1.54) is 16.8 Å². The first-order chi connectivity index (χ1) is 13.3. The van der Waals surface area contributed by atoms with Crippen molar-refractivity contribution in [3.05, 3.63) is 59.5 Å². The zero-order valence-electron chi connectivity index (χ0n) is 15.8. The van der Waals surface area contributed by atoms with E-state index >= 15 is 0 Å². The first-order valence-electron chi connectivity index (χ1n) is 9.88. The van der Waals surface area contributed by atoms with Crippen LogP contribution in [0.5, 0.6) is 0 Å². The van der Waals surface area contributed by atoms with Gasteiger partial charge in [-0.25, -0.2) is 4.98 Å². The third-order valence-electron chi connectivity index (χ3n) is 5.77. The molecule has 6 heteroatoms. The van der Waals surface area contributed by atoms with Crippen molar-refractivity contribution in [1.29, 1.82) is 0 Å². The highest BCUT2D eigenvalue weighted by Gasteiger charge is 2.21. The van der Waals surface area contributed by atoms with Crippen LogP contribution in [0.2, 0.25) is 0 Å². The molecule has 1 N–H and O–H groups in total. The van der Waals surface area contributed by atoms with Gasteiger partial charge in [0.05, 0.1) is 12.2 Å². The Labute approximate surface area is 159 Å². The Bertz CT molecular complexity index is 916. The number of hydrogen-bond acceptors (Lipinski definition) is 4. The highest BCUT2D eigenvalue weighted by molar-refractivity contribution is 5.50. The largest absolute Gasteiger partial charge is 0.326 e. The second kappa shape index (κ2) is 6.94. The third kappa shape index (κ3) is 3.19. The molecule has 2 aliphatic rings. The van der Waals surface area contributed by atoms with Crippen LogP contribution in [-0.2, 0) is 26.1 Å². The SMILES string of the molecule is C[C@@H](CN1CCc2ccccc2C1)n1ccnc1-c1cc2n(n1)CCNC2. The van der Waals surface area contributed by atoms with Crippen LogP contribution in [0.15, 0.2) is 42.7 Å². The molecule has 1 aromatic carbocycles. The van der Waals surface area contributed by atoms with E-state index in [-0.39, 0.29) is 0 Å². The molecule has 0 saturated carbocycles. The van der Waals surface area contributed by atoms with E-state index in [0.29, 0.717) is 6.04 Å². The first-order valence-corrected chi connectivity index (χ1v) is 9.88. The quantitative estimate of drug-likeness (QED) is 0.775. The maximum Gasteiger partial charge on any atom is 0.160 e. The lowest BCUT2D eigenvalue weighted by Crippen LogP contribution is -2.34. The van der Waals surface area contributed by atoms with E-state index in [0.717, 1.165) is 57.2 Å². The van der Waals surface area contributed by atoms with E-state index in [9.17, 15) is 0 Å². The van der Waals surface area contributed by atoms with Crippen molar-refractivity contribution in [1.82, 2.24) is 29.5 Å². The fourth-order valence-corrected chi connectivity index (χ4v) is 4.34. The maximum absolute atomic E-state index is 4.79. The third-order valence-corrected chi connectivity index (χ3v) is 5.77. The fraction of sp³-hybridized carbons (Fsp3) is 0.429. The van der Waals surface area contributed by atoms with Gasteiger partial charge < -0.3 is 9.88 Å². The fourth-order valence-electron chi connectivity index (χ4n) is 4.34. The standard InChI is InChI=1S/C21H26N6/c1-16(14-25-9-6-17-4-2-3-5-18(17)15-25)26-10-8-23-21(26)20-12-19-13-22-7-11-27(19)24-20/h2-5,8,10,12,16,22H,6-7,9,11,13-15H2,1H3/t16-/m0/s1. The average molecular weight is 362 g/mol. The van der Waals surface area contributed by atoms with Crippen LogP contribution < -0.4 is 5.32 Å². The topological polar surface area (TPSA) is 50.9 Å². The summed E-state index contributed by atoms with van der Waals surface area (Å²) in [5, 5.41) is 8.20. The Morgan fingerprint density at radius 2 is 2.07 bits per heavy atom. The second-order valence-corrected chi connectivity index (χ2v) is 7.68. The van der Waals surface area contributed by atoms with Crippen molar-refractivity contribution in [2.24, 2.45) is 0 Å². The molecule has 3 aromatic rings. The van der Waals surface area contributed by atoms with Gasteiger partial charge in [0.2, 0.25) is 0 Å². The first kappa shape index (κ1) is 16.7. The number of aromatic nitrogens is 4. The number of nitrogens with one attached hydrogen (secondary N) is 1. The minimum absolute atomic E-state index is 0.351. The summed E-state index contributed by atoms with van der Waals surface area (Å²) in [6.07, 6.45) is 5.13. The van der Waals surface area contributed by atoms with Gasteiger partial charge in [-0.05, 0) is 30.5 Å². The monoisotopic (exact) mass is 362 g/mol. The highest BCUT2D eigenvalue weighted by Crippen LogP contribution is 2.24. The van der Waals surface area contributed by atoms with Gasteiger partial charge in [-0.1, -0.05) is 24.3 Å². The van der Waals surface area contributed by atoms with Gasteiger partial charge in [-0.2, -0.15) is 5.10 Å². The summed E-state index contributed by atoms with van der Waals surface area (Å²) in [6, 6.07) is 11.3. The molecule has 0 unspecified atom stereocenters. The van der Waals surface area contributed by atoms with Crippen molar-refractivity contribution in [3.8, 4) is 11.5 Å². The lowest BCUT2D eigenvalue weighted by Gasteiger charge is -2.31. The van der Waals surface area contributed by atoms with Crippen molar-refractivity contribution in [2.45, 2.75) is 39.0 Å². The molecule has 0 spiro atoms. The Morgan fingerprint density at radius 1 is 1.19 bits per heavy atom. The van der Waals surface area contributed by atoms with Gasteiger partial charge in [0.15, 0.2) is 5.82 Å². The molecule has 0 amide bonds. The molecule has 2 aliphatic heterocycles. The number of benzene rings is 1. The Hall–Kier alpha value is -2.44. The number of imidazole rings is 1. The van der Waals surface area contributed by atoms with Crippen molar-refractivity contribution in [2.75, 3.05) is 19.6 Å². The molecular weight excluding hydrogens is 336 g/mol. The lowest BCUT2D eigenvalue weighted by molar-refractivity contribution is 0.221. The van der Waals surface area contributed by atoms with Gasteiger partial charge in [-0.3, -0.25) is 9.58 Å². The van der Waals surface area contributed by atoms with Crippen molar-refractivity contribution in [3.63, 3.8) is 0 Å². The Balaban J connectivity index is 1.34. The lowest BCUT2D eigenvalue weighted by atomic mass is 9.99. The van der Waals surface area contributed by atoms with Crippen molar-refractivity contribution < 1.29 is 0 Å². The minimum Gasteiger partial charge on any atom is -0.326 e. The summed E-state index contributed by atoms with van der Waals surface area (Å²) in [4.78, 5) is 7.18. The molecule has 0 bridgehead atoms. The van der Waals surface area contributed by atoms with Gasteiger partial charge in [-0.15, -0.1) is 0 Å². The molecule has 0 fully saturated rings. The molecule has 140 valence electrons.